The van der Waals surface area contributed by atoms with Crippen molar-refractivity contribution in [2.45, 2.75) is 31.1 Å². The van der Waals surface area contributed by atoms with Gasteiger partial charge in [0.25, 0.3) is 0 Å². The normalized spacial score (nSPS) is 22.2. The maximum Gasteiger partial charge on any atom is 0.416 e. The molecule has 146 valence electrons. The van der Waals surface area contributed by atoms with Crippen molar-refractivity contribution in [1.29, 1.82) is 0 Å². The Hall–Kier alpha value is -1.90. The Bertz CT molecular complexity index is 1040. The fourth-order valence-electron chi connectivity index (χ4n) is 4.09. The van der Waals surface area contributed by atoms with E-state index in [-0.39, 0.29) is 5.02 Å². The maximum atomic E-state index is 13.1. The summed E-state index contributed by atoms with van der Waals surface area (Å²) >= 11 is 7.56. The summed E-state index contributed by atoms with van der Waals surface area (Å²) in [5, 5.41) is 4.74. The van der Waals surface area contributed by atoms with E-state index in [1.807, 2.05) is 6.07 Å². The van der Waals surface area contributed by atoms with Crippen molar-refractivity contribution < 1.29 is 13.2 Å². The minimum atomic E-state index is -4.42. The van der Waals surface area contributed by atoms with Crippen molar-refractivity contribution in [3.63, 3.8) is 0 Å². The zero-order valence-electron chi connectivity index (χ0n) is 14.6. The molecular formula is C19H16ClF3N4S. The lowest BCUT2D eigenvalue weighted by Crippen LogP contribution is -2.51. The molecule has 1 aromatic carbocycles. The van der Waals surface area contributed by atoms with E-state index in [9.17, 15) is 13.2 Å². The van der Waals surface area contributed by atoms with Gasteiger partial charge >= 0.3 is 6.18 Å². The Kier molecular flexibility index (Phi) is 4.26. The third kappa shape index (κ3) is 3.13. The zero-order valence-corrected chi connectivity index (χ0v) is 16.2. The van der Waals surface area contributed by atoms with Gasteiger partial charge in [-0.15, -0.1) is 11.3 Å². The molecule has 4 heterocycles. The van der Waals surface area contributed by atoms with Gasteiger partial charge in [0.05, 0.1) is 10.9 Å². The van der Waals surface area contributed by atoms with Gasteiger partial charge in [0.15, 0.2) is 0 Å². The molecule has 2 aliphatic rings. The second-order valence-electron chi connectivity index (χ2n) is 7.26. The summed E-state index contributed by atoms with van der Waals surface area (Å²) in [7, 11) is 0. The summed E-state index contributed by atoms with van der Waals surface area (Å²) in [5.41, 5.74) is -0.347. The third-order valence-electron chi connectivity index (χ3n) is 5.38. The number of thiophene rings is 1. The summed E-state index contributed by atoms with van der Waals surface area (Å²) in [6.45, 7) is 1.75. The van der Waals surface area contributed by atoms with Gasteiger partial charge in [-0.1, -0.05) is 11.6 Å². The number of anilines is 1. The first-order valence-corrected chi connectivity index (χ1v) is 10.2. The van der Waals surface area contributed by atoms with E-state index in [1.54, 1.807) is 0 Å². The number of rotatable bonds is 2. The van der Waals surface area contributed by atoms with E-state index >= 15 is 0 Å². The fourth-order valence-corrected chi connectivity index (χ4v) is 5.39. The average molecular weight is 425 g/mol. The number of nitrogens with zero attached hydrogens (tertiary/aromatic N) is 3. The topological polar surface area (TPSA) is 41.0 Å². The zero-order chi connectivity index (χ0) is 19.5. The van der Waals surface area contributed by atoms with Crippen molar-refractivity contribution in [1.82, 2.24) is 15.3 Å². The standard InChI is InChI=1S/C19H16ClF3N4S/c20-15-4-1-10(19(21,22)23)5-13(15)16-6-14-17(24-9-25-18(14)28-16)27-7-11-2-3-12(8-27)26-11/h1,4-6,9,11-12,26H,2-3,7-8H2. The predicted molar refractivity (Wildman–Crippen MR) is 105 cm³/mol. The molecule has 2 bridgehead atoms. The van der Waals surface area contributed by atoms with E-state index in [0.29, 0.717) is 22.5 Å². The summed E-state index contributed by atoms with van der Waals surface area (Å²) in [6.07, 6.45) is -0.578. The number of fused-ring (bicyclic) bond motifs is 3. The summed E-state index contributed by atoms with van der Waals surface area (Å²) < 4.78 is 39.4. The second-order valence-corrected chi connectivity index (χ2v) is 8.70. The summed E-state index contributed by atoms with van der Waals surface area (Å²) in [6, 6.07) is 6.18. The quantitative estimate of drug-likeness (QED) is 0.630. The monoisotopic (exact) mass is 424 g/mol. The van der Waals surface area contributed by atoms with Crippen LogP contribution >= 0.6 is 22.9 Å². The van der Waals surface area contributed by atoms with Gasteiger partial charge in [-0.25, -0.2) is 9.97 Å². The van der Waals surface area contributed by atoms with Crippen molar-refractivity contribution in [2.24, 2.45) is 0 Å². The number of aromatic nitrogens is 2. The maximum absolute atomic E-state index is 13.1. The van der Waals surface area contributed by atoms with Crippen LogP contribution in [0.15, 0.2) is 30.6 Å². The van der Waals surface area contributed by atoms with Crippen molar-refractivity contribution in [3.05, 3.63) is 41.2 Å². The molecule has 2 aliphatic heterocycles. The Morgan fingerprint density at radius 2 is 1.86 bits per heavy atom. The van der Waals surface area contributed by atoms with Crippen LogP contribution in [0, 0.1) is 0 Å². The minimum absolute atomic E-state index is 0.286. The Morgan fingerprint density at radius 3 is 2.57 bits per heavy atom. The van der Waals surface area contributed by atoms with Crippen LogP contribution in [0.1, 0.15) is 18.4 Å². The molecule has 2 fully saturated rings. The lowest BCUT2D eigenvalue weighted by molar-refractivity contribution is -0.137. The molecule has 9 heteroatoms. The number of halogens is 4. The van der Waals surface area contributed by atoms with Gasteiger partial charge in [0, 0.05) is 40.6 Å². The van der Waals surface area contributed by atoms with Gasteiger partial charge in [-0.2, -0.15) is 13.2 Å². The van der Waals surface area contributed by atoms with Crippen LogP contribution in [0.4, 0.5) is 19.0 Å². The van der Waals surface area contributed by atoms with E-state index in [0.717, 1.165) is 54.1 Å². The first-order chi connectivity index (χ1) is 13.4. The highest BCUT2D eigenvalue weighted by Gasteiger charge is 2.34. The predicted octanol–water partition coefficient (Wildman–Crippen LogP) is 4.97. The highest BCUT2D eigenvalue weighted by atomic mass is 35.5. The molecule has 5 rings (SSSR count). The molecule has 28 heavy (non-hydrogen) atoms. The molecule has 4 nitrogen and oxygen atoms in total. The molecular weight excluding hydrogens is 409 g/mol. The largest absolute Gasteiger partial charge is 0.416 e. The Balaban J connectivity index is 1.58. The molecule has 0 aliphatic carbocycles. The van der Waals surface area contributed by atoms with Gasteiger partial charge in [0.2, 0.25) is 0 Å². The molecule has 0 saturated carbocycles. The SMILES string of the molecule is FC(F)(F)c1ccc(Cl)c(-c2cc3c(N4CC5CCC(C4)N5)ncnc3s2)c1. The molecule has 1 N–H and O–H groups in total. The van der Waals surface area contributed by atoms with Crippen LogP contribution in [-0.4, -0.2) is 35.1 Å². The number of benzene rings is 1. The Labute approximate surface area is 168 Å². The van der Waals surface area contributed by atoms with Gasteiger partial charge < -0.3 is 10.2 Å². The van der Waals surface area contributed by atoms with Crippen molar-refractivity contribution in [2.75, 3.05) is 18.0 Å². The lowest BCUT2D eigenvalue weighted by Gasteiger charge is -2.33. The number of hydrogen-bond acceptors (Lipinski definition) is 5. The highest BCUT2D eigenvalue weighted by molar-refractivity contribution is 7.22. The van der Waals surface area contributed by atoms with Crippen molar-refractivity contribution >= 4 is 39.0 Å². The molecule has 2 aromatic heterocycles. The Morgan fingerprint density at radius 1 is 1.11 bits per heavy atom. The molecule has 2 saturated heterocycles. The fraction of sp³-hybridized carbons (Fsp3) is 0.368. The molecule has 2 atom stereocenters. The average Bonchev–Trinajstić information content (AvgIpc) is 3.23. The summed E-state index contributed by atoms with van der Waals surface area (Å²) in [5.74, 6) is 0.842. The highest BCUT2D eigenvalue weighted by Crippen LogP contribution is 2.42. The van der Waals surface area contributed by atoms with Crippen LogP contribution in [0.3, 0.4) is 0 Å². The second kappa shape index (κ2) is 6.57. The molecule has 0 spiro atoms. The van der Waals surface area contributed by atoms with Crippen LogP contribution in [0.5, 0.6) is 0 Å². The third-order valence-corrected chi connectivity index (χ3v) is 6.79. The first kappa shape index (κ1) is 18.1. The van der Waals surface area contributed by atoms with Crippen LogP contribution in [0.2, 0.25) is 5.02 Å². The van der Waals surface area contributed by atoms with Gasteiger partial charge in [-0.3, -0.25) is 0 Å². The number of alkyl halides is 3. The number of hydrogen-bond donors (Lipinski definition) is 1. The van der Waals surface area contributed by atoms with Crippen LogP contribution < -0.4 is 10.2 Å². The van der Waals surface area contributed by atoms with Gasteiger partial charge in [-0.05, 0) is 37.1 Å². The van der Waals surface area contributed by atoms with E-state index < -0.39 is 11.7 Å². The lowest BCUT2D eigenvalue weighted by atomic mass is 10.1. The molecule has 0 amide bonds. The van der Waals surface area contributed by atoms with E-state index in [1.165, 1.54) is 23.7 Å². The number of piperazine rings is 1. The molecule has 0 radical (unpaired) electrons. The van der Waals surface area contributed by atoms with E-state index in [2.05, 4.69) is 20.2 Å². The van der Waals surface area contributed by atoms with E-state index in [4.69, 9.17) is 11.6 Å². The number of nitrogens with one attached hydrogen (secondary N) is 1. The van der Waals surface area contributed by atoms with Crippen LogP contribution in [0.25, 0.3) is 20.7 Å². The smallest absolute Gasteiger partial charge is 0.353 e. The van der Waals surface area contributed by atoms with Crippen molar-refractivity contribution in [3.8, 4) is 10.4 Å². The van der Waals surface area contributed by atoms with Gasteiger partial charge in [0.1, 0.15) is 17.0 Å². The van der Waals surface area contributed by atoms with Crippen LogP contribution in [-0.2, 0) is 6.18 Å². The molecule has 3 aromatic rings. The first-order valence-electron chi connectivity index (χ1n) is 9.01. The minimum Gasteiger partial charge on any atom is -0.353 e. The summed E-state index contributed by atoms with van der Waals surface area (Å²) in [4.78, 5) is 12.5. The molecule has 2 unspecified atom stereocenters.